The lowest BCUT2D eigenvalue weighted by Crippen LogP contribution is -2.49. The number of hydrogen-bond acceptors (Lipinski definition) is 7. The van der Waals surface area contributed by atoms with E-state index >= 15 is 0 Å². The summed E-state index contributed by atoms with van der Waals surface area (Å²) in [5.41, 5.74) is 2.84. The lowest BCUT2D eigenvalue weighted by molar-refractivity contribution is -0.0879. The molecule has 0 spiro atoms. The highest BCUT2D eigenvalue weighted by Crippen LogP contribution is 2.40. The number of aliphatic hydroxyl groups is 2. The van der Waals surface area contributed by atoms with Crippen LogP contribution in [0.1, 0.15) is 10.4 Å². The van der Waals surface area contributed by atoms with E-state index in [0.717, 1.165) is 4.57 Å². The van der Waals surface area contributed by atoms with Crippen molar-refractivity contribution in [3.8, 4) is 0 Å². The highest BCUT2D eigenvalue weighted by atomic mass is 16.6. The van der Waals surface area contributed by atoms with E-state index in [-0.39, 0.29) is 17.0 Å². The Bertz CT molecular complexity index is 879. The van der Waals surface area contributed by atoms with Crippen LogP contribution in [0.3, 0.4) is 0 Å². The molecule has 4 N–H and O–H groups in total. The van der Waals surface area contributed by atoms with Crippen LogP contribution in [0.15, 0.2) is 59.5 Å². The van der Waals surface area contributed by atoms with E-state index in [9.17, 15) is 19.8 Å². The van der Waals surface area contributed by atoms with Crippen LogP contribution < -0.4 is 11.4 Å². The first-order valence-electron chi connectivity index (χ1n) is 7.53. The van der Waals surface area contributed by atoms with Crippen LogP contribution in [-0.2, 0) is 10.5 Å². The van der Waals surface area contributed by atoms with Crippen LogP contribution in [0, 0.1) is 0 Å². The van der Waals surface area contributed by atoms with Crippen molar-refractivity contribution in [3.05, 3.63) is 70.8 Å². The first kappa shape index (κ1) is 17.0. The second-order valence-corrected chi connectivity index (χ2v) is 5.65. The number of Topliss-reactive ketones (excluding diaryl/α,β-unsaturated/α-hetero) is 1. The molecule has 2 aromatic rings. The highest BCUT2D eigenvalue weighted by Gasteiger charge is 2.56. The lowest BCUT2D eigenvalue weighted by atomic mass is 9.92. The van der Waals surface area contributed by atoms with E-state index < -0.39 is 36.0 Å². The van der Waals surface area contributed by atoms with Crippen molar-refractivity contribution in [1.29, 1.82) is 0 Å². The molecule has 8 nitrogen and oxygen atoms in total. The van der Waals surface area contributed by atoms with Crippen molar-refractivity contribution >= 4 is 11.6 Å². The predicted octanol–water partition coefficient (Wildman–Crippen LogP) is -0.331. The Morgan fingerprint density at radius 2 is 2.04 bits per heavy atom. The van der Waals surface area contributed by atoms with Crippen molar-refractivity contribution in [2.75, 3.05) is 12.3 Å². The molecule has 0 radical (unpaired) electrons. The molecule has 1 fully saturated rings. The van der Waals surface area contributed by atoms with Gasteiger partial charge >= 0.3 is 5.69 Å². The summed E-state index contributed by atoms with van der Waals surface area (Å²) < 4.78 is 6.61. The number of rotatable bonds is 4. The van der Waals surface area contributed by atoms with Crippen LogP contribution in [0.4, 0.5) is 5.82 Å². The number of carbonyl (C=O) groups is 1. The molecule has 3 atom stereocenters. The molecule has 1 aromatic carbocycles. The number of benzene rings is 1. The van der Waals surface area contributed by atoms with Gasteiger partial charge in [0.25, 0.3) is 0 Å². The normalized spacial score (nSPS) is 25.9. The molecule has 2 heterocycles. The van der Waals surface area contributed by atoms with Gasteiger partial charge in [-0.15, -0.1) is 0 Å². The number of nitrogens with zero attached hydrogens (tertiary/aromatic N) is 2. The SMILES string of the molecule is C=C1[C@H](O)[C@@H](CO)O[C@@]1(C(=O)c1ccccc1)n1ccc(N)nc1=O. The summed E-state index contributed by atoms with van der Waals surface area (Å²) in [6.07, 6.45) is -1.19. The number of nitrogen functional groups attached to an aromatic ring is 1. The predicted molar refractivity (Wildman–Crippen MR) is 88.8 cm³/mol. The zero-order valence-electron chi connectivity index (χ0n) is 13.2. The molecule has 1 aliphatic heterocycles. The number of ketones is 1. The van der Waals surface area contributed by atoms with Gasteiger partial charge in [-0.3, -0.25) is 9.36 Å². The van der Waals surface area contributed by atoms with E-state index in [1.165, 1.54) is 12.3 Å². The van der Waals surface area contributed by atoms with Gasteiger partial charge < -0.3 is 20.7 Å². The molecular weight excluding hydrogens is 326 g/mol. The number of ether oxygens (including phenoxy) is 1. The second-order valence-electron chi connectivity index (χ2n) is 5.65. The Kier molecular flexibility index (Phi) is 4.25. The molecule has 1 saturated heterocycles. The number of anilines is 1. The lowest BCUT2D eigenvalue weighted by Gasteiger charge is -2.30. The standard InChI is InChI=1S/C17H17N3O5/c1-10-14(22)12(9-21)25-17(10,15(23)11-5-3-2-4-6-11)20-8-7-13(18)19-16(20)24/h2-8,12,14,21-22H,1,9H2,(H2,18,19,24)/t12-,14+,17+/m1/s1. The molecule has 3 rings (SSSR count). The molecule has 1 aliphatic rings. The smallest absolute Gasteiger partial charge is 0.352 e. The van der Waals surface area contributed by atoms with Crippen molar-refractivity contribution in [1.82, 2.24) is 9.55 Å². The minimum atomic E-state index is -2.02. The summed E-state index contributed by atoms with van der Waals surface area (Å²) in [6.45, 7) is 3.19. The maximum atomic E-state index is 13.2. The maximum absolute atomic E-state index is 13.2. The average Bonchev–Trinajstić information content (AvgIpc) is 2.87. The van der Waals surface area contributed by atoms with Crippen molar-refractivity contribution in [2.24, 2.45) is 0 Å². The average molecular weight is 343 g/mol. The van der Waals surface area contributed by atoms with Gasteiger partial charge in [0.2, 0.25) is 11.5 Å². The molecule has 0 amide bonds. The number of aliphatic hydroxyl groups excluding tert-OH is 2. The topological polar surface area (TPSA) is 128 Å². The Morgan fingerprint density at radius 3 is 2.60 bits per heavy atom. The third-order valence-corrected chi connectivity index (χ3v) is 4.15. The molecule has 130 valence electrons. The summed E-state index contributed by atoms with van der Waals surface area (Å²) in [5, 5.41) is 19.7. The molecule has 0 aliphatic carbocycles. The first-order valence-corrected chi connectivity index (χ1v) is 7.53. The van der Waals surface area contributed by atoms with Gasteiger partial charge in [0.1, 0.15) is 18.0 Å². The quantitative estimate of drug-likeness (QED) is 0.512. The Labute approximate surface area is 142 Å². The molecule has 0 unspecified atom stereocenters. The minimum absolute atomic E-state index is 0.0218. The summed E-state index contributed by atoms with van der Waals surface area (Å²) in [7, 11) is 0. The first-order chi connectivity index (χ1) is 11.9. The van der Waals surface area contributed by atoms with Crippen molar-refractivity contribution < 1.29 is 19.7 Å². The van der Waals surface area contributed by atoms with Gasteiger partial charge in [0.15, 0.2) is 0 Å². The number of aromatic nitrogens is 2. The van der Waals surface area contributed by atoms with E-state index in [1.54, 1.807) is 30.3 Å². The largest absolute Gasteiger partial charge is 0.394 e. The molecular formula is C17H17N3O5. The molecule has 0 saturated carbocycles. The van der Waals surface area contributed by atoms with Gasteiger partial charge in [-0.1, -0.05) is 36.9 Å². The van der Waals surface area contributed by atoms with Gasteiger partial charge in [0, 0.05) is 17.3 Å². The van der Waals surface area contributed by atoms with E-state index in [4.69, 9.17) is 10.5 Å². The fraction of sp³-hybridized carbons (Fsp3) is 0.235. The molecule has 0 bridgehead atoms. The fourth-order valence-electron chi connectivity index (χ4n) is 2.88. The van der Waals surface area contributed by atoms with Crippen molar-refractivity contribution in [3.63, 3.8) is 0 Å². The zero-order valence-corrected chi connectivity index (χ0v) is 13.2. The number of hydrogen-bond donors (Lipinski definition) is 3. The van der Waals surface area contributed by atoms with Gasteiger partial charge in [0.05, 0.1) is 6.61 Å². The monoisotopic (exact) mass is 343 g/mol. The molecule has 25 heavy (non-hydrogen) atoms. The van der Waals surface area contributed by atoms with Gasteiger partial charge in [-0.05, 0) is 6.07 Å². The zero-order chi connectivity index (χ0) is 18.2. The van der Waals surface area contributed by atoms with Crippen LogP contribution in [-0.4, -0.2) is 44.4 Å². The molecule has 1 aromatic heterocycles. The van der Waals surface area contributed by atoms with Crippen molar-refractivity contribution in [2.45, 2.75) is 17.9 Å². The van der Waals surface area contributed by atoms with Gasteiger partial charge in [-0.2, -0.15) is 4.98 Å². The highest BCUT2D eigenvalue weighted by molar-refractivity contribution is 6.03. The number of carbonyl (C=O) groups excluding carboxylic acids is 1. The van der Waals surface area contributed by atoms with Crippen LogP contribution in [0.25, 0.3) is 0 Å². The van der Waals surface area contributed by atoms with E-state index in [2.05, 4.69) is 11.6 Å². The minimum Gasteiger partial charge on any atom is -0.394 e. The Morgan fingerprint density at radius 1 is 1.36 bits per heavy atom. The summed E-state index contributed by atoms with van der Waals surface area (Å²) >= 11 is 0. The van der Waals surface area contributed by atoms with Crippen LogP contribution >= 0.6 is 0 Å². The van der Waals surface area contributed by atoms with Crippen LogP contribution in [0.5, 0.6) is 0 Å². The second kappa shape index (κ2) is 6.25. The molecule has 8 heteroatoms. The summed E-state index contributed by atoms with van der Waals surface area (Å²) in [4.78, 5) is 29.2. The fourth-order valence-corrected chi connectivity index (χ4v) is 2.88. The van der Waals surface area contributed by atoms with E-state index in [0.29, 0.717) is 0 Å². The third-order valence-electron chi connectivity index (χ3n) is 4.15. The van der Waals surface area contributed by atoms with E-state index in [1.807, 2.05) is 0 Å². The third kappa shape index (κ3) is 2.56. The Balaban J connectivity index is 2.25. The summed E-state index contributed by atoms with van der Waals surface area (Å²) in [5.74, 6) is -0.631. The Hall–Kier alpha value is -2.81. The van der Waals surface area contributed by atoms with Gasteiger partial charge in [-0.25, -0.2) is 4.79 Å². The van der Waals surface area contributed by atoms with Crippen LogP contribution in [0.2, 0.25) is 0 Å². The number of nitrogens with two attached hydrogens (primary N) is 1. The summed E-state index contributed by atoms with van der Waals surface area (Å²) in [6, 6.07) is 9.47. The maximum Gasteiger partial charge on any atom is 0.352 e.